The lowest BCUT2D eigenvalue weighted by Gasteiger charge is -2.72. The molecule has 0 aromatic carbocycles. The number of fused-ring (bicyclic) bond motifs is 7. The second-order valence-electron chi connectivity index (χ2n) is 28.0. The second kappa shape index (κ2) is 26.0. The van der Waals surface area contributed by atoms with Crippen molar-refractivity contribution in [1.82, 2.24) is 0 Å². The van der Waals surface area contributed by atoms with Crippen molar-refractivity contribution in [2.24, 2.45) is 50.2 Å². The summed E-state index contributed by atoms with van der Waals surface area (Å²) >= 11 is 0. The monoisotopic (exact) mass is 1270 g/mol. The molecule has 4 heterocycles. The molecular formula is C61H94O28. The Hall–Kier alpha value is -3.44. The first-order valence-electron chi connectivity index (χ1n) is 30.9. The molecule has 506 valence electrons. The quantitative estimate of drug-likeness (QED) is 0.0271. The molecular weight excluding hydrogens is 1180 g/mol. The standard InChI is InChI=1S/C61H94O28/c1-11-25(2)51(78)89-48-49(82-27(4)66)61(24-64)29(18-56(48,5)6)28-12-13-34-57(7)16-15-35(58(8,23-63)33(57)14-17-59(34,9)60(28,10)19-36(61)81-26(3)65)84-55-47(88-53-42(74)40(72)39(71)32(20-62)83-53)44(43(75)45(86-55)50(76)77)85-54-46(38(70)31(68)22-80-54)87-52-41(73)37(69)30(67)21-79-52/h11-12,29-49,52-55,62-64,67-75H,13-24H2,1-10H3,(H,76,77). The van der Waals surface area contributed by atoms with E-state index in [4.69, 9.17) is 52.1 Å². The highest BCUT2D eigenvalue weighted by molar-refractivity contribution is 5.87. The first-order chi connectivity index (χ1) is 41.6. The summed E-state index contributed by atoms with van der Waals surface area (Å²) in [4.78, 5) is 53.5. The van der Waals surface area contributed by atoms with E-state index in [1.165, 1.54) is 13.8 Å². The molecule has 9 aliphatic rings. The average molecular weight is 1280 g/mol. The normalized spacial score (nSPS) is 49.8. The topological polar surface area (TPSA) is 433 Å². The molecule has 8 fully saturated rings. The summed E-state index contributed by atoms with van der Waals surface area (Å²) in [5.74, 6) is -4.80. The summed E-state index contributed by atoms with van der Waals surface area (Å²) in [6.45, 7) is 14.8. The Balaban J connectivity index is 1.07. The fourth-order valence-electron chi connectivity index (χ4n) is 17.5. The molecule has 4 saturated carbocycles. The predicted octanol–water partition coefficient (Wildman–Crippen LogP) is -1.65. The van der Waals surface area contributed by atoms with Crippen molar-refractivity contribution in [3.05, 3.63) is 23.3 Å². The Bertz CT molecular complexity index is 2640. The largest absolute Gasteiger partial charge is 0.479 e. The Labute approximate surface area is 515 Å². The predicted molar refractivity (Wildman–Crippen MR) is 299 cm³/mol. The van der Waals surface area contributed by atoms with Crippen LogP contribution in [0.25, 0.3) is 0 Å². The second-order valence-corrected chi connectivity index (χ2v) is 28.0. The van der Waals surface area contributed by atoms with E-state index < -0.39 is 230 Å². The van der Waals surface area contributed by atoms with Crippen LogP contribution in [0.3, 0.4) is 0 Å². The van der Waals surface area contributed by atoms with E-state index in [0.29, 0.717) is 37.7 Å². The molecule has 5 aliphatic carbocycles. The molecule has 0 radical (unpaired) electrons. The van der Waals surface area contributed by atoms with Gasteiger partial charge in [0.2, 0.25) is 0 Å². The van der Waals surface area contributed by atoms with Crippen molar-refractivity contribution in [3.63, 3.8) is 0 Å². The number of carbonyl (C=O) groups is 4. The molecule has 13 N–H and O–H groups in total. The minimum absolute atomic E-state index is 0.155. The van der Waals surface area contributed by atoms with Crippen molar-refractivity contribution >= 4 is 23.9 Å². The van der Waals surface area contributed by atoms with Gasteiger partial charge in [-0.05, 0) is 92.8 Å². The molecule has 4 aliphatic heterocycles. The van der Waals surface area contributed by atoms with Gasteiger partial charge in [-0.25, -0.2) is 9.59 Å². The first-order valence-corrected chi connectivity index (χ1v) is 30.9. The average Bonchev–Trinajstić information content (AvgIpc) is 0.669. The Kier molecular flexibility index (Phi) is 20.5. The van der Waals surface area contributed by atoms with Crippen LogP contribution in [0.5, 0.6) is 0 Å². The van der Waals surface area contributed by atoms with Gasteiger partial charge < -0.3 is 118 Å². The highest BCUT2D eigenvalue weighted by atomic mass is 16.8. The van der Waals surface area contributed by atoms with Gasteiger partial charge in [-0.1, -0.05) is 59.3 Å². The van der Waals surface area contributed by atoms with Crippen LogP contribution in [0.4, 0.5) is 0 Å². The maximum Gasteiger partial charge on any atom is 0.335 e. The van der Waals surface area contributed by atoms with Crippen LogP contribution in [0.2, 0.25) is 0 Å². The summed E-state index contributed by atoms with van der Waals surface area (Å²) in [5.41, 5.74) is -4.23. The van der Waals surface area contributed by atoms with Gasteiger partial charge in [0.25, 0.3) is 0 Å². The lowest BCUT2D eigenvalue weighted by atomic mass is 9.33. The van der Waals surface area contributed by atoms with Crippen LogP contribution in [0, 0.1) is 50.2 Å². The van der Waals surface area contributed by atoms with Crippen LogP contribution in [-0.2, 0) is 71.3 Å². The minimum atomic E-state index is -2.27. The molecule has 0 amide bonds. The number of hydrogen-bond donors (Lipinski definition) is 13. The van der Waals surface area contributed by atoms with Crippen LogP contribution in [0.15, 0.2) is 23.3 Å². The van der Waals surface area contributed by atoms with Crippen molar-refractivity contribution in [2.75, 3.05) is 33.0 Å². The lowest BCUT2D eigenvalue weighted by Crippen LogP contribution is -2.73. The van der Waals surface area contributed by atoms with Gasteiger partial charge in [0, 0.05) is 30.3 Å². The van der Waals surface area contributed by atoms with Crippen LogP contribution < -0.4 is 0 Å². The molecule has 30 unspecified atom stereocenters. The van der Waals surface area contributed by atoms with Gasteiger partial charge in [0.1, 0.15) is 91.6 Å². The molecule has 28 nitrogen and oxygen atoms in total. The van der Waals surface area contributed by atoms with Gasteiger partial charge in [-0.2, -0.15) is 0 Å². The molecule has 89 heavy (non-hydrogen) atoms. The number of allylic oxidation sites excluding steroid dienone is 3. The van der Waals surface area contributed by atoms with Gasteiger partial charge >= 0.3 is 23.9 Å². The molecule has 9 rings (SSSR count). The summed E-state index contributed by atoms with van der Waals surface area (Å²) in [5, 5.41) is 143. The van der Waals surface area contributed by atoms with Crippen LogP contribution in [0.1, 0.15) is 114 Å². The zero-order chi connectivity index (χ0) is 65.6. The number of hydrogen-bond acceptors (Lipinski definition) is 27. The minimum Gasteiger partial charge on any atom is -0.479 e. The summed E-state index contributed by atoms with van der Waals surface area (Å²) in [6.07, 6.45) is -32.6. The van der Waals surface area contributed by atoms with E-state index in [1.54, 1.807) is 19.9 Å². The van der Waals surface area contributed by atoms with E-state index >= 15 is 0 Å². The highest BCUT2D eigenvalue weighted by Crippen LogP contribution is 2.76. The number of esters is 3. The van der Waals surface area contributed by atoms with E-state index in [2.05, 4.69) is 26.8 Å². The van der Waals surface area contributed by atoms with Gasteiger partial charge in [-0.3, -0.25) is 9.59 Å². The Morgan fingerprint density at radius 3 is 1.83 bits per heavy atom. The van der Waals surface area contributed by atoms with Crippen LogP contribution >= 0.6 is 0 Å². The van der Waals surface area contributed by atoms with E-state index in [1.807, 2.05) is 20.8 Å². The SMILES string of the molecule is CC=C(C)C(=O)OC1C(OC(C)=O)C2(CO)C(OC(C)=O)CC3(C)C(=CCC4C5(C)CCC(OC6OC(C(=O)O)C(O)C(OC7OCC(O)C(O)C7OC7OCC(O)C(O)C7O)C6OC6OC(CO)C(O)C(O)C6O)C(C)(CO)C5CCC43C)C2CC1(C)C. The molecule has 0 spiro atoms. The third kappa shape index (κ3) is 11.8. The van der Waals surface area contributed by atoms with Gasteiger partial charge in [0.15, 0.2) is 37.4 Å². The zero-order valence-corrected chi connectivity index (χ0v) is 52.0. The van der Waals surface area contributed by atoms with E-state index in [-0.39, 0.29) is 24.7 Å². The maximum absolute atomic E-state index is 13.6. The number of aliphatic hydroxyl groups excluding tert-OH is 12. The highest BCUT2D eigenvalue weighted by Gasteiger charge is 2.75. The number of rotatable bonds is 16. The molecule has 0 bridgehead atoms. The van der Waals surface area contributed by atoms with Crippen LogP contribution in [-0.4, -0.2) is 258 Å². The third-order valence-corrected chi connectivity index (χ3v) is 22.7. The van der Waals surface area contributed by atoms with E-state index in [0.717, 1.165) is 5.57 Å². The van der Waals surface area contributed by atoms with Crippen molar-refractivity contribution in [1.29, 1.82) is 0 Å². The number of aliphatic hydroxyl groups is 12. The summed E-state index contributed by atoms with van der Waals surface area (Å²) in [6, 6.07) is 0. The van der Waals surface area contributed by atoms with Crippen molar-refractivity contribution < 1.29 is 138 Å². The Morgan fingerprint density at radius 2 is 1.22 bits per heavy atom. The molecule has 4 saturated heterocycles. The third-order valence-electron chi connectivity index (χ3n) is 22.7. The van der Waals surface area contributed by atoms with Gasteiger partial charge in [-0.15, -0.1) is 0 Å². The number of carboxylic acid groups (broad SMARTS) is 1. The van der Waals surface area contributed by atoms with Crippen molar-refractivity contribution in [2.45, 2.75) is 249 Å². The number of carbonyl (C=O) groups excluding carboxylic acids is 3. The zero-order valence-electron chi connectivity index (χ0n) is 52.0. The molecule has 0 aromatic heterocycles. The fourth-order valence-corrected chi connectivity index (χ4v) is 17.5. The maximum atomic E-state index is 13.6. The van der Waals surface area contributed by atoms with Gasteiger partial charge in [0.05, 0.1) is 44.6 Å². The molecule has 30 atom stereocenters. The summed E-state index contributed by atoms with van der Waals surface area (Å²) in [7, 11) is 0. The van der Waals surface area contributed by atoms with Crippen molar-refractivity contribution in [3.8, 4) is 0 Å². The molecule has 0 aromatic rings. The number of carboxylic acids is 1. The summed E-state index contributed by atoms with van der Waals surface area (Å²) < 4.78 is 67.3. The first kappa shape index (κ1) is 69.9. The Morgan fingerprint density at radius 1 is 0.607 bits per heavy atom. The number of ether oxygens (including phenoxy) is 11. The number of aliphatic carboxylic acids is 1. The molecule has 28 heteroatoms. The smallest absolute Gasteiger partial charge is 0.335 e. The fraction of sp³-hybridized carbons (Fsp3) is 0.869. The van der Waals surface area contributed by atoms with E-state index in [9.17, 15) is 85.6 Å². The lowest BCUT2D eigenvalue weighted by molar-refractivity contribution is -0.400.